The van der Waals surface area contributed by atoms with E-state index in [1.165, 1.54) is 6.07 Å². The van der Waals surface area contributed by atoms with Crippen molar-refractivity contribution in [1.82, 2.24) is 0 Å². The molecule has 0 amide bonds. The third-order valence-electron chi connectivity index (χ3n) is 3.57. The van der Waals surface area contributed by atoms with Gasteiger partial charge in [0.15, 0.2) is 11.6 Å². The second-order valence-corrected chi connectivity index (χ2v) is 4.96. The fraction of sp³-hybridized carbons (Fsp3) is 0.250. The molecule has 0 aliphatic carbocycles. The van der Waals surface area contributed by atoms with Gasteiger partial charge in [0.25, 0.3) is 0 Å². The van der Waals surface area contributed by atoms with E-state index < -0.39 is 0 Å². The van der Waals surface area contributed by atoms with Gasteiger partial charge in [-0.1, -0.05) is 31.2 Å². The second kappa shape index (κ2) is 4.67. The lowest BCUT2D eigenvalue weighted by molar-refractivity contribution is 0.273. The van der Waals surface area contributed by atoms with Crippen molar-refractivity contribution >= 4 is 0 Å². The molecule has 1 aliphatic heterocycles. The van der Waals surface area contributed by atoms with Crippen LogP contribution in [0.25, 0.3) is 0 Å². The van der Waals surface area contributed by atoms with Crippen LogP contribution in [0, 0.1) is 5.82 Å². The first-order valence-electron chi connectivity index (χ1n) is 6.38. The van der Waals surface area contributed by atoms with Crippen LogP contribution in [0.5, 0.6) is 11.5 Å². The zero-order chi connectivity index (χ0) is 13.4. The van der Waals surface area contributed by atoms with Gasteiger partial charge in [-0.2, -0.15) is 0 Å². The average molecular weight is 258 g/mol. The molecule has 0 saturated heterocycles. The standard InChI is InChI=1S/C16H15FO2/c1-10(9-18)11-5-6-15-13(7-11)8-12-3-2-4-14(17)16(12)19-15/h2-7,10,18H,8-9H2,1H3. The van der Waals surface area contributed by atoms with Crippen molar-refractivity contribution in [2.75, 3.05) is 6.61 Å². The number of benzene rings is 2. The van der Waals surface area contributed by atoms with Crippen LogP contribution in [0.1, 0.15) is 29.5 Å². The van der Waals surface area contributed by atoms with Crippen LogP contribution in [0.4, 0.5) is 4.39 Å². The molecule has 1 N–H and O–H groups in total. The highest BCUT2D eigenvalue weighted by Gasteiger charge is 2.20. The third kappa shape index (κ3) is 2.10. The minimum Gasteiger partial charge on any atom is -0.454 e. The van der Waals surface area contributed by atoms with Crippen molar-refractivity contribution in [1.29, 1.82) is 0 Å². The van der Waals surface area contributed by atoms with Gasteiger partial charge >= 0.3 is 0 Å². The van der Waals surface area contributed by atoms with Crippen LogP contribution in [0.15, 0.2) is 36.4 Å². The zero-order valence-corrected chi connectivity index (χ0v) is 10.7. The molecule has 0 bridgehead atoms. The summed E-state index contributed by atoms with van der Waals surface area (Å²) in [5.74, 6) is 0.805. The lowest BCUT2D eigenvalue weighted by atomic mass is 9.94. The molecule has 0 aromatic heterocycles. The van der Waals surface area contributed by atoms with E-state index >= 15 is 0 Å². The van der Waals surface area contributed by atoms with Crippen LogP contribution < -0.4 is 4.74 Å². The predicted molar refractivity (Wildman–Crippen MR) is 71.2 cm³/mol. The molecule has 98 valence electrons. The van der Waals surface area contributed by atoms with Crippen molar-refractivity contribution in [3.8, 4) is 11.5 Å². The number of ether oxygens (including phenoxy) is 1. The number of aliphatic hydroxyl groups excluding tert-OH is 1. The van der Waals surface area contributed by atoms with E-state index in [1.807, 2.05) is 31.2 Å². The summed E-state index contributed by atoms with van der Waals surface area (Å²) in [6.45, 7) is 2.09. The summed E-state index contributed by atoms with van der Waals surface area (Å²) in [5.41, 5.74) is 2.97. The number of halogens is 1. The molecule has 19 heavy (non-hydrogen) atoms. The van der Waals surface area contributed by atoms with Gasteiger partial charge in [0, 0.05) is 24.5 Å². The van der Waals surface area contributed by atoms with Crippen LogP contribution in [-0.4, -0.2) is 11.7 Å². The van der Waals surface area contributed by atoms with E-state index in [0.29, 0.717) is 17.9 Å². The molecule has 0 saturated carbocycles. The van der Waals surface area contributed by atoms with Gasteiger partial charge in [-0.15, -0.1) is 0 Å². The third-order valence-corrected chi connectivity index (χ3v) is 3.57. The number of hydrogen-bond acceptors (Lipinski definition) is 2. The number of aliphatic hydroxyl groups is 1. The largest absolute Gasteiger partial charge is 0.454 e. The minimum atomic E-state index is -0.323. The number of para-hydroxylation sites is 1. The first-order valence-corrected chi connectivity index (χ1v) is 6.38. The topological polar surface area (TPSA) is 29.5 Å². The van der Waals surface area contributed by atoms with Crippen molar-refractivity contribution in [3.63, 3.8) is 0 Å². The number of hydrogen-bond donors (Lipinski definition) is 1. The van der Waals surface area contributed by atoms with E-state index in [0.717, 1.165) is 16.7 Å². The Kier molecular flexibility index (Phi) is 2.99. The quantitative estimate of drug-likeness (QED) is 0.760. The van der Waals surface area contributed by atoms with Gasteiger partial charge < -0.3 is 9.84 Å². The normalized spacial score (nSPS) is 14.3. The summed E-state index contributed by atoms with van der Waals surface area (Å²) in [4.78, 5) is 0. The molecular weight excluding hydrogens is 243 g/mol. The van der Waals surface area contributed by atoms with Crippen molar-refractivity contribution in [3.05, 3.63) is 58.9 Å². The van der Waals surface area contributed by atoms with E-state index in [4.69, 9.17) is 4.74 Å². The molecule has 3 rings (SSSR count). The maximum Gasteiger partial charge on any atom is 0.166 e. The van der Waals surface area contributed by atoms with Crippen LogP contribution in [0.2, 0.25) is 0 Å². The Hall–Kier alpha value is -1.87. The molecule has 2 aromatic carbocycles. The Balaban J connectivity index is 2.00. The number of rotatable bonds is 2. The van der Waals surface area contributed by atoms with Gasteiger partial charge in [0.05, 0.1) is 0 Å². The fourth-order valence-corrected chi connectivity index (χ4v) is 2.37. The molecule has 1 heterocycles. The Labute approximate surface area is 111 Å². The molecule has 2 nitrogen and oxygen atoms in total. The van der Waals surface area contributed by atoms with E-state index in [9.17, 15) is 9.50 Å². The number of fused-ring (bicyclic) bond motifs is 2. The molecule has 0 radical (unpaired) electrons. The van der Waals surface area contributed by atoms with Gasteiger partial charge in [-0.05, 0) is 23.3 Å². The summed E-state index contributed by atoms with van der Waals surface area (Å²) in [5, 5.41) is 9.21. The van der Waals surface area contributed by atoms with E-state index in [1.54, 1.807) is 6.07 Å². The lowest BCUT2D eigenvalue weighted by Crippen LogP contribution is -2.07. The highest BCUT2D eigenvalue weighted by molar-refractivity contribution is 5.51. The molecule has 2 aromatic rings. The summed E-state index contributed by atoms with van der Waals surface area (Å²) >= 11 is 0. The molecule has 1 unspecified atom stereocenters. The van der Waals surface area contributed by atoms with Crippen molar-refractivity contribution in [2.45, 2.75) is 19.3 Å². The van der Waals surface area contributed by atoms with Crippen LogP contribution in [0.3, 0.4) is 0 Å². The Morgan fingerprint density at radius 2 is 2.11 bits per heavy atom. The summed E-state index contributed by atoms with van der Waals surface area (Å²) in [6, 6.07) is 10.8. The van der Waals surface area contributed by atoms with Crippen LogP contribution in [-0.2, 0) is 6.42 Å². The van der Waals surface area contributed by atoms with E-state index in [2.05, 4.69) is 0 Å². The Morgan fingerprint density at radius 1 is 1.26 bits per heavy atom. The lowest BCUT2D eigenvalue weighted by Gasteiger charge is -2.22. The Morgan fingerprint density at radius 3 is 2.89 bits per heavy atom. The smallest absolute Gasteiger partial charge is 0.166 e. The maximum absolute atomic E-state index is 13.7. The summed E-state index contributed by atoms with van der Waals surface area (Å²) in [7, 11) is 0. The van der Waals surface area contributed by atoms with E-state index in [-0.39, 0.29) is 18.3 Å². The zero-order valence-electron chi connectivity index (χ0n) is 10.7. The second-order valence-electron chi connectivity index (χ2n) is 4.96. The van der Waals surface area contributed by atoms with Gasteiger partial charge in [-0.3, -0.25) is 0 Å². The SMILES string of the molecule is CC(CO)c1ccc2c(c1)Cc1cccc(F)c1O2. The highest BCUT2D eigenvalue weighted by Crippen LogP contribution is 2.39. The average Bonchev–Trinajstić information content (AvgIpc) is 2.44. The first kappa shape index (κ1) is 12.2. The molecular formula is C16H15FO2. The van der Waals surface area contributed by atoms with Gasteiger partial charge in [0.1, 0.15) is 5.75 Å². The van der Waals surface area contributed by atoms with Gasteiger partial charge in [-0.25, -0.2) is 4.39 Å². The molecule has 1 atom stereocenters. The predicted octanol–water partition coefficient (Wildman–Crippen LogP) is 3.62. The molecule has 0 spiro atoms. The molecule has 0 fully saturated rings. The minimum absolute atomic E-state index is 0.0965. The van der Waals surface area contributed by atoms with Crippen molar-refractivity contribution < 1.29 is 14.2 Å². The highest BCUT2D eigenvalue weighted by atomic mass is 19.1. The Bertz CT molecular complexity index is 622. The van der Waals surface area contributed by atoms with Crippen molar-refractivity contribution in [2.24, 2.45) is 0 Å². The van der Waals surface area contributed by atoms with Crippen LogP contribution >= 0.6 is 0 Å². The first-order chi connectivity index (χ1) is 9.19. The summed E-state index contributed by atoms with van der Waals surface area (Å²) in [6.07, 6.45) is 0.661. The fourth-order valence-electron chi connectivity index (χ4n) is 2.37. The van der Waals surface area contributed by atoms with Gasteiger partial charge in [0.2, 0.25) is 0 Å². The molecule has 1 aliphatic rings. The maximum atomic E-state index is 13.7. The molecule has 3 heteroatoms. The monoisotopic (exact) mass is 258 g/mol. The summed E-state index contributed by atoms with van der Waals surface area (Å²) < 4.78 is 19.3.